The summed E-state index contributed by atoms with van der Waals surface area (Å²) in [6.45, 7) is 0. The molecule has 9 heteroatoms. The Balaban J connectivity index is 0.000000266. The van der Waals surface area contributed by atoms with Gasteiger partial charge in [-0.2, -0.15) is 0 Å². The molecule has 0 saturated heterocycles. The zero-order valence-electron chi connectivity index (χ0n) is 24.0. The molecule has 0 aliphatic heterocycles. The van der Waals surface area contributed by atoms with Crippen molar-refractivity contribution < 1.29 is 44.6 Å². The summed E-state index contributed by atoms with van der Waals surface area (Å²) < 4.78 is 10.00. The number of ketones is 2. The Kier molecular flexibility index (Phi) is 11.7. The lowest BCUT2D eigenvalue weighted by atomic mass is 10.1. The Bertz CT molecular complexity index is 1590. The van der Waals surface area contributed by atoms with E-state index < -0.39 is 0 Å². The van der Waals surface area contributed by atoms with Gasteiger partial charge in [0, 0.05) is 6.07 Å². The molecule has 0 aliphatic carbocycles. The van der Waals surface area contributed by atoms with Crippen molar-refractivity contribution in [2.45, 2.75) is 6.42 Å². The molecule has 9 nitrogen and oxygen atoms in total. The number of aromatic hydroxyl groups is 5. The van der Waals surface area contributed by atoms with Gasteiger partial charge in [0.05, 0.1) is 20.6 Å². The molecule has 4 aromatic rings. The molecule has 4 aromatic carbocycles. The maximum atomic E-state index is 11.9. The first-order valence-electron chi connectivity index (χ1n) is 13.2. The highest BCUT2D eigenvalue weighted by Crippen LogP contribution is 2.28. The Morgan fingerprint density at radius 3 is 1.41 bits per heavy atom. The van der Waals surface area contributed by atoms with Gasteiger partial charge in [0.2, 0.25) is 0 Å². The first kappa shape index (κ1) is 32.6. The zero-order valence-corrected chi connectivity index (χ0v) is 24.0. The highest BCUT2D eigenvalue weighted by atomic mass is 16.5. The lowest BCUT2D eigenvalue weighted by molar-refractivity contribution is -0.121. The molecule has 0 saturated carbocycles. The summed E-state index contributed by atoms with van der Waals surface area (Å²) in [5.41, 5.74) is 2.95. The molecule has 0 heterocycles. The van der Waals surface area contributed by atoms with Crippen LogP contribution < -0.4 is 9.47 Å². The lowest BCUT2D eigenvalue weighted by Gasteiger charge is -2.03. The summed E-state index contributed by atoms with van der Waals surface area (Å²) >= 11 is 0. The fourth-order valence-corrected chi connectivity index (χ4v) is 3.76. The highest BCUT2D eigenvalue weighted by molar-refractivity contribution is 6.10. The smallest absolute Gasteiger partial charge is 0.163 e. The van der Waals surface area contributed by atoms with Crippen LogP contribution in [0.3, 0.4) is 0 Å². The van der Waals surface area contributed by atoms with E-state index in [1.54, 1.807) is 78.9 Å². The molecule has 44 heavy (non-hydrogen) atoms. The summed E-state index contributed by atoms with van der Waals surface area (Å²) in [7, 11) is 2.87. The molecule has 4 rings (SSSR count). The SMILES string of the molecule is COc1cc(/C=C/C(=O)CC(=O)/C=C/c2ccc(O)c(OC)c2)ccc1O.Oc1ccc(/C=C/c2cc(O)cc(O)c2)cc1. The molecule has 5 N–H and O–H groups in total. The van der Waals surface area contributed by atoms with E-state index in [0.717, 1.165) is 5.56 Å². The largest absolute Gasteiger partial charge is 0.508 e. The van der Waals surface area contributed by atoms with Gasteiger partial charge in [-0.15, -0.1) is 0 Å². The number of allylic oxidation sites excluding steroid dienone is 2. The minimum absolute atomic E-state index is 0.00662. The number of phenolic OH excluding ortho intramolecular Hbond substituents is 5. The first-order valence-corrected chi connectivity index (χ1v) is 13.2. The van der Waals surface area contributed by atoms with Gasteiger partial charge in [-0.3, -0.25) is 9.59 Å². The van der Waals surface area contributed by atoms with Crippen molar-refractivity contribution in [1.29, 1.82) is 0 Å². The average Bonchev–Trinajstić information content (AvgIpc) is 3.00. The van der Waals surface area contributed by atoms with Crippen LogP contribution in [-0.2, 0) is 9.59 Å². The topological polar surface area (TPSA) is 154 Å². The number of methoxy groups -OCH3 is 2. The Hall–Kier alpha value is -5.96. The summed E-state index contributed by atoms with van der Waals surface area (Å²) in [4.78, 5) is 23.9. The molecule has 0 unspecified atom stereocenters. The number of carbonyl (C=O) groups excluding carboxylic acids is 2. The summed E-state index contributed by atoms with van der Waals surface area (Å²) in [5.74, 6) is 0.183. The Morgan fingerprint density at radius 1 is 0.523 bits per heavy atom. The van der Waals surface area contributed by atoms with E-state index in [1.807, 2.05) is 6.08 Å². The van der Waals surface area contributed by atoms with E-state index in [4.69, 9.17) is 14.6 Å². The van der Waals surface area contributed by atoms with Crippen molar-refractivity contribution in [1.82, 2.24) is 0 Å². The quantitative estimate of drug-likeness (QED) is 0.0801. The molecule has 226 valence electrons. The van der Waals surface area contributed by atoms with Gasteiger partial charge < -0.3 is 35.0 Å². The van der Waals surface area contributed by atoms with Crippen LogP contribution in [0.4, 0.5) is 0 Å². The van der Waals surface area contributed by atoms with Crippen LogP contribution in [0.5, 0.6) is 40.2 Å². The van der Waals surface area contributed by atoms with Gasteiger partial charge in [-0.05, 0) is 82.9 Å². The number of carbonyl (C=O) groups is 2. The van der Waals surface area contributed by atoms with Crippen molar-refractivity contribution in [2.24, 2.45) is 0 Å². The molecule has 0 amide bonds. The molecule has 0 aliphatic rings. The number of ether oxygens (including phenoxy) is 2. The summed E-state index contributed by atoms with van der Waals surface area (Å²) in [5, 5.41) is 46.8. The Labute approximate surface area is 254 Å². The highest BCUT2D eigenvalue weighted by Gasteiger charge is 2.06. The van der Waals surface area contributed by atoms with Crippen LogP contribution in [0.1, 0.15) is 28.7 Å². The number of rotatable bonds is 10. The molecule has 0 fully saturated rings. The molecule has 0 aromatic heterocycles. The maximum absolute atomic E-state index is 11.9. The third-order valence-corrected chi connectivity index (χ3v) is 5.97. The fraction of sp³-hybridized carbons (Fsp3) is 0.0857. The zero-order chi connectivity index (χ0) is 32.1. The van der Waals surface area contributed by atoms with Gasteiger partial charge in [0.1, 0.15) is 17.2 Å². The van der Waals surface area contributed by atoms with Crippen molar-refractivity contribution in [3.63, 3.8) is 0 Å². The van der Waals surface area contributed by atoms with E-state index in [9.17, 15) is 30.0 Å². The lowest BCUT2D eigenvalue weighted by Crippen LogP contribution is -2.01. The normalized spacial score (nSPS) is 11.0. The fourth-order valence-electron chi connectivity index (χ4n) is 3.76. The number of phenols is 5. The van der Waals surface area contributed by atoms with Crippen LogP contribution >= 0.6 is 0 Å². The molecular weight excluding hydrogens is 564 g/mol. The second kappa shape index (κ2) is 15.9. The number of benzene rings is 4. The van der Waals surface area contributed by atoms with Gasteiger partial charge in [0.25, 0.3) is 0 Å². The first-order chi connectivity index (χ1) is 21.1. The van der Waals surface area contributed by atoms with Crippen LogP contribution in [-0.4, -0.2) is 51.3 Å². The summed E-state index contributed by atoms with van der Waals surface area (Å²) in [6, 6.07) is 20.5. The predicted molar refractivity (Wildman–Crippen MR) is 169 cm³/mol. The van der Waals surface area contributed by atoms with Crippen LogP contribution in [0.15, 0.2) is 91.0 Å². The van der Waals surface area contributed by atoms with Crippen molar-refractivity contribution in [2.75, 3.05) is 14.2 Å². The minimum Gasteiger partial charge on any atom is -0.508 e. The van der Waals surface area contributed by atoms with Gasteiger partial charge in [-0.25, -0.2) is 0 Å². The number of hydrogen-bond acceptors (Lipinski definition) is 9. The predicted octanol–water partition coefficient (Wildman–Crippen LogP) is 6.34. The molecule has 0 spiro atoms. The second-order valence-corrected chi connectivity index (χ2v) is 9.35. The molecule has 0 radical (unpaired) electrons. The van der Waals surface area contributed by atoms with Crippen molar-refractivity contribution in [3.05, 3.63) is 113 Å². The van der Waals surface area contributed by atoms with E-state index in [0.29, 0.717) is 28.2 Å². The van der Waals surface area contributed by atoms with Crippen LogP contribution in [0, 0.1) is 0 Å². The Morgan fingerprint density at radius 2 is 0.955 bits per heavy atom. The maximum Gasteiger partial charge on any atom is 0.163 e. The van der Waals surface area contributed by atoms with Crippen LogP contribution in [0.25, 0.3) is 24.3 Å². The van der Waals surface area contributed by atoms with E-state index in [-0.39, 0.29) is 46.7 Å². The second-order valence-electron chi connectivity index (χ2n) is 9.35. The van der Waals surface area contributed by atoms with E-state index in [2.05, 4.69) is 0 Å². The van der Waals surface area contributed by atoms with E-state index >= 15 is 0 Å². The molecule has 0 atom stereocenters. The summed E-state index contributed by atoms with van der Waals surface area (Å²) in [6.07, 6.45) is 9.04. The van der Waals surface area contributed by atoms with Gasteiger partial charge in [0.15, 0.2) is 34.6 Å². The van der Waals surface area contributed by atoms with E-state index in [1.165, 1.54) is 44.6 Å². The number of hydrogen-bond donors (Lipinski definition) is 5. The average molecular weight is 597 g/mol. The van der Waals surface area contributed by atoms with Crippen molar-refractivity contribution >= 4 is 35.9 Å². The minimum atomic E-state index is -0.347. The monoisotopic (exact) mass is 596 g/mol. The third-order valence-electron chi connectivity index (χ3n) is 5.97. The standard InChI is InChI=1S/C21H20O6.C14H12O3/c1-26-20-11-14(5-9-18(20)24)3-7-16(22)13-17(23)8-4-15-6-10-19(25)21(12-15)27-2;15-12-5-3-10(4-6-12)1-2-11-7-13(16)9-14(17)8-11/h3-12,24-25H,13H2,1-2H3;1-9,15-17H/b7-3+,8-4+;2-1+. The van der Waals surface area contributed by atoms with Crippen molar-refractivity contribution in [3.8, 4) is 40.2 Å². The van der Waals surface area contributed by atoms with Crippen LogP contribution in [0.2, 0.25) is 0 Å². The van der Waals surface area contributed by atoms with Gasteiger partial charge >= 0.3 is 0 Å². The van der Waals surface area contributed by atoms with Gasteiger partial charge in [-0.1, -0.05) is 48.6 Å². The molecular formula is C35H32O9. The molecule has 0 bridgehead atoms. The third kappa shape index (κ3) is 10.5.